The molecule has 2 saturated heterocycles. The van der Waals surface area contributed by atoms with Crippen molar-refractivity contribution in [3.05, 3.63) is 0 Å². The van der Waals surface area contributed by atoms with Gasteiger partial charge in [0.1, 0.15) is 0 Å². The summed E-state index contributed by atoms with van der Waals surface area (Å²) in [6.07, 6.45) is 3.08. The molecule has 112 valence electrons. The molecule has 5 nitrogen and oxygen atoms in total. The molecule has 2 heterocycles. The Morgan fingerprint density at radius 2 is 2.11 bits per heavy atom. The standard InChI is InChI=1S/C12H25N3O2S2/c1-11-10-14(7-8-18-11)19(16,17)15-6-4-3-5-12(15)9-13-2/h11-13H,3-10H2,1-2H3. The van der Waals surface area contributed by atoms with Gasteiger partial charge in [0, 0.05) is 43.2 Å². The Balaban J connectivity index is 2.11. The van der Waals surface area contributed by atoms with E-state index in [9.17, 15) is 8.42 Å². The van der Waals surface area contributed by atoms with Crippen LogP contribution in [0, 0.1) is 0 Å². The minimum absolute atomic E-state index is 0.119. The molecule has 0 bridgehead atoms. The van der Waals surface area contributed by atoms with Crippen LogP contribution in [-0.2, 0) is 10.2 Å². The van der Waals surface area contributed by atoms with Gasteiger partial charge in [-0.25, -0.2) is 0 Å². The summed E-state index contributed by atoms with van der Waals surface area (Å²) in [5.74, 6) is 0.908. The maximum absolute atomic E-state index is 12.8. The number of nitrogens with zero attached hydrogens (tertiary/aromatic N) is 2. The molecule has 0 aromatic rings. The van der Waals surface area contributed by atoms with Crippen molar-refractivity contribution in [2.75, 3.05) is 39.0 Å². The summed E-state index contributed by atoms with van der Waals surface area (Å²) < 4.78 is 29.0. The third-order valence-electron chi connectivity index (χ3n) is 3.84. The van der Waals surface area contributed by atoms with Crippen LogP contribution in [0.4, 0.5) is 0 Å². The Hall–Kier alpha value is 0.180. The maximum Gasteiger partial charge on any atom is 0.282 e. The molecule has 2 rings (SSSR count). The third kappa shape index (κ3) is 3.64. The Labute approximate surface area is 121 Å². The fraction of sp³-hybridized carbons (Fsp3) is 1.00. The van der Waals surface area contributed by atoms with E-state index >= 15 is 0 Å². The molecule has 2 aliphatic heterocycles. The number of piperidine rings is 1. The number of nitrogens with one attached hydrogen (secondary N) is 1. The van der Waals surface area contributed by atoms with Gasteiger partial charge in [0.25, 0.3) is 10.2 Å². The van der Waals surface area contributed by atoms with E-state index in [2.05, 4.69) is 12.2 Å². The molecule has 0 aliphatic carbocycles. The largest absolute Gasteiger partial charge is 0.318 e. The molecular formula is C12H25N3O2S2. The van der Waals surface area contributed by atoms with E-state index in [4.69, 9.17) is 0 Å². The monoisotopic (exact) mass is 307 g/mol. The van der Waals surface area contributed by atoms with Crippen LogP contribution >= 0.6 is 11.8 Å². The molecule has 2 unspecified atom stereocenters. The summed E-state index contributed by atoms with van der Waals surface area (Å²) in [5.41, 5.74) is 0. The van der Waals surface area contributed by atoms with Crippen molar-refractivity contribution in [1.29, 1.82) is 0 Å². The second kappa shape index (κ2) is 6.76. The second-order valence-electron chi connectivity index (χ2n) is 5.37. The van der Waals surface area contributed by atoms with E-state index in [1.165, 1.54) is 0 Å². The predicted molar refractivity (Wildman–Crippen MR) is 80.7 cm³/mol. The lowest BCUT2D eigenvalue weighted by atomic mass is 10.1. The molecule has 0 aromatic carbocycles. The van der Waals surface area contributed by atoms with Crippen molar-refractivity contribution in [2.24, 2.45) is 0 Å². The van der Waals surface area contributed by atoms with Crippen LogP contribution in [-0.4, -0.2) is 67.3 Å². The van der Waals surface area contributed by atoms with E-state index < -0.39 is 10.2 Å². The summed E-state index contributed by atoms with van der Waals surface area (Å²) >= 11 is 1.86. The Kier molecular flexibility index (Phi) is 5.54. The Morgan fingerprint density at radius 3 is 2.79 bits per heavy atom. The fourth-order valence-corrected chi connectivity index (χ4v) is 6.03. The molecule has 1 N–H and O–H groups in total. The van der Waals surface area contributed by atoms with Crippen molar-refractivity contribution in [2.45, 2.75) is 37.5 Å². The average Bonchev–Trinajstić information content (AvgIpc) is 2.39. The number of hydrogen-bond donors (Lipinski definition) is 1. The smallest absolute Gasteiger partial charge is 0.282 e. The summed E-state index contributed by atoms with van der Waals surface area (Å²) in [4.78, 5) is 0. The van der Waals surface area contributed by atoms with Crippen LogP contribution in [0.3, 0.4) is 0 Å². The second-order valence-corrected chi connectivity index (χ2v) is 8.79. The minimum atomic E-state index is -3.28. The summed E-state index contributed by atoms with van der Waals surface area (Å²) in [5, 5.41) is 3.52. The topological polar surface area (TPSA) is 52.7 Å². The van der Waals surface area contributed by atoms with Gasteiger partial charge in [0.2, 0.25) is 0 Å². The number of likely N-dealkylation sites (N-methyl/N-ethyl adjacent to an activating group) is 1. The van der Waals surface area contributed by atoms with Gasteiger partial charge in [-0.3, -0.25) is 0 Å². The molecule has 0 aromatic heterocycles. The van der Waals surface area contributed by atoms with Gasteiger partial charge in [-0.1, -0.05) is 13.3 Å². The van der Waals surface area contributed by atoms with Crippen LogP contribution in [0.15, 0.2) is 0 Å². The SMILES string of the molecule is CNCC1CCCCN1S(=O)(=O)N1CCSC(C)C1. The van der Waals surface area contributed by atoms with Crippen molar-refractivity contribution >= 4 is 22.0 Å². The zero-order valence-electron chi connectivity index (χ0n) is 11.8. The van der Waals surface area contributed by atoms with Gasteiger partial charge in [-0.15, -0.1) is 0 Å². The molecule has 19 heavy (non-hydrogen) atoms. The quantitative estimate of drug-likeness (QED) is 0.832. The first kappa shape index (κ1) is 15.6. The zero-order chi connectivity index (χ0) is 13.9. The highest BCUT2D eigenvalue weighted by Gasteiger charge is 2.37. The number of hydrogen-bond acceptors (Lipinski definition) is 4. The maximum atomic E-state index is 12.8. The third-order valence-corrected chi connectivity index (χ3v) is 7.03. The van der Waals surface area contributed by atoms with E-state index in [0.717, 1.165) is 31.6 Å². The van der Waals surface area contributed by atoms with Crippen molar-refractivity contribution in [3.8, 4) is 0 Å². The van der Waals surface area contributed by atoms with Crippen molar-refractivity contribution in [3.63, 3.8) is 0 Å². The van der Waals surface area contributed by atoms with Crippen molar-refractivity contribution in [1.82, 2.24) is 13.9 Å². The molecule has 2 atom stereocenters. The fourth-order valence-electron chi connectivity index (χ4n) is 2.86. The first-order chi connectivity index (χ1) is 9.05. The van der Waals surface area contributed by atoms with Crippen LogP contribution in [0.1, 0.15) is 26.2 Å². The van der Waals surface area contributed by atoms with Crippen LogP contribution in [0.2, 0.25) is 0 Å². The van der Waals surface area contributed by atoms with E-state index in [1.54, 1.807) is 8.61 Å². The highest BCUT2D eigenvalue weighted by atomic mass is 32.2. The van der Waals surface area contributed by atoms with Gasteiger partial charge < -0.3 is 5.32 Å². The molecular weight excluding hydrogens is 282 g/mol. The van der Waals surface area contributed by atoms with Gasteiger partial charge in [-0.05, 0) is 19.9 Å². The van der Waals surface area contributed by atoms with Crippen LogP contribution < -0.4 is 5.32 Å². The zero-order valence-corrected chi connectivity index (χ0v) is 13.5. The predicted octanol–water partition coefficient (Wildman–Crippen LogP) is 0.742. The molecule has 0 amide bonds. The van der Waals surface area contributed by atoms with Crippen LogP contribution in [0.25, 0.3) is 0 Å². The molecule has 2 fully saturated rings. The summed E-state index contributed by atoms with van der Waals surface area (Å²) in [6.45, 7) is 4.83. The normalized spacial score (nSPS) is 31.5. The lowest BCUT2D eigenvalue weighted by molar-refractivity contribution is 0.229. The number of rotatable bonds is 4. The lowest BCUT2D eigenvalue weighted by Crippen LogP contribution is -2.55. The Bertz CT molecular complexity index is 386. The first-order valence-electron chi connectivity index (χ1n) is 7.09. The Morgan fingerprint density at radius 1 is 1.32 bits per heavy atom. The molecule has 0 spiro atoms. The summed E-state index contributed by atoms with van der Waals surface area (Å²) in [7, 11) is -1.39. The van der Waals surface area contributed by atoms with Gasteiger partial charge in [-0.2, -0.15) is 28.8 Å². The van der Waals surface area contributed by atoms with Gasteiger partial charge in [0.15, 0.2) is 0 Å². The van der Waals surface area contributed by atoms with Gasteiger partial charge in [0.05, 0.1) is 0 Å². The van der Waals surface area contributed by atoms with E-state index in [-0.39, 0.29) is 6.04 Å². The van der Waals surface area contributed by atoms with E-state index in [1.807, 2.05) is 18.8 Å². The first-order valence-corrected chi connectivity index (χ1v) is 9.53. The molecule has 2 aliphatic rings. The van der Waals surface area contributed by atoms with E-state index in [0.29, 0.717) is 24.9 Å². The molecule has 0 radical (unpaired) electrons. The van der Waals surface area contributed by atoms with Crippen molar-refractivity contribution < 1.29 is 8.42 Å². The highest BCUT2D eigenvalue weighted by molar-refractivity contribution is 8.00. The van der Waals surface area contributed by atoms with Crippen LogP contribution in [0.5, 0.6) is 0 Å². The molecule has 7 heteroatoms. The highest BCUT2D eigenvalue weighted by Crippen LogP contribution is 2.26. The van der Waals surface area contributed by atoms with Gasteiger partial charge >= 0.3 is 0 Å². The molecule has 0 saturated carbocycles. The lowest BCUT2D eigenvalue weighted by Gasteiger charge is -2.39. The average molecular weight is 307 g/mol. The minimum Gasteiger partial charge on any atom is -0.318 e. The number of thioether (sulfide) groups is 1. The summed E-state index contributed by atoms with van der Waals surface area (Å²) in [6, 6.07) is 0.119.